The molecule has 0 spiro atoms. The van der Waals surface area contributed by atoms with Crippen molar-refractivity contribution >= 4 is 11.6 Å². The molecule has 2 rings (SSSR count). The molecule has 0 saturated carbocycles. The van der Waals surface area contributed by atoms with E-state index in [1.54, 1.807) is 0 Å². The molecule has 0 saturated heterocycles. The number of aliphatic hydroxyl groups is 1. The van der Waals surface area contributed by atoms with Crippen LogP contribution in [0.25, 0.3) is 0 Å². The van der Waals surface area contributed by atoms with Gasteiger partial charge in [-0.25, -0.2) is 8.78 Å². The maximum atomic E-state index is 13.7. The zero-order valence-electron chi connectivity index (χ0n) is 9.49. The monoisotopic (exact) mass is 269 g/mol. The Bertz CT molecular complexity index is 572. The second kappa shape index (κ2) is 5.00. The van der Waals surface area contributed by atoms with Crippen LogP contribution < -0.4 is 0 Å². The van der Waals surface area contributed by atoms with Gasteiger partial charge in [0.25, 0.3) is 0 Å². The van der Waals surface area contributed by atoms with Crippen molar-refractivity contribution in [2.24, 2.45) is 0 Å². The zero-order valence-corrected chi connectivity index (χ0v) is 10.2. The van der Waals surface area contributed by atoms with Gasteiger partial charge in [0, 0.05) is 11.8 Å². The van der Waals surface area contributed by atoms with E-state index in [2.05, 4.69) is 4.98 Å². The minimum atomic E-state index is -1.32. The fourth-order valence-corrected chi connectivity index (χ4v) is 1.69. The van der Waals surface area contributed by atoms with Gasteiger partial charge in [-0.2, -0.15) is 0 Å². The molecule has 0 bridgehead atoms. The first-order valence-corrected chi connectivity index (χ1v) is 5.62. The van der Waals surface area contributed by atoms with Crippen molar-refractivity contribution in [1.29, 1.82) is 0 Å². The molecule has 5 heteroatoms. The van der Waals surface area contributed by atoms with E-state index in [9.17, 15) is 13.9 Å². The standard InChI is InChI=1S/C13H10ClF2NO/c1-7-2-4-9(12(16)11(7)15)13(18)10-5-3-8(14)6-17-10/h2-6,13,18H,1H3. The summed E-state index contributed by atoms with van der Waals surface area (Å²) in [5.74, 6) is -2.01. The quantitative estimate of drug-likeness (QED) is 0.906. The van der Waals surface area contributed by atoms with Crippen molar-refractivity contribution in [3.05, 3.63) is 63.9 Å². The first kappa shape index (κ1) is 12.9. The van der Waals surface area contributed by atoms with Crippen molar-refractivity contribution in [1.82, 2.24) is 4.98 Å². The molecule has 1 N–H and O–H groups in total. The second-order valence-corrected chi connectivity index (χ2v) is 4.34. The smallest absolute Gasteiger partial charge is 0.165 e. The summed E-state index contributed by atoms with van der Waals surface area (Å²) >= 11 is 5.66. The van der Waals surface area contributed by atoms with Crippen LogP contribution in [0, 0.1) is 18.6 Å². The van der Waals surface area contributed by atoms with E-state index in [4.69, 9.17) is 11.6 Å². The Morgan fingerprint density at radius 2 is 1.89 bits per heavy atom. The lowest BCUT2D eigenvalue weighted by Crippen LogP contribution is -2.06. The summed E-state index contributed by atoms with van der Waals surface area (Å²) in [6, 6.07) is 5.74. The van der Waals surface area contributed by atoms with E-state index >= 15 is 0 Å². The van der Waals surface area contributed by atoms with Crippen LogP contribution in [0.5, 0.6) is 0 Å². The molecular weight excluding hydrogens is 260 g/mol. The van der Waals surface area contributed by atoms with Crippen LogP contribution in [-0.2, 0) is 0 Å². The van der Waals surface area contributed by atoms with Gasteiger partial charge >= 0.3 is 0 Å². The molecule has 1 atom stereocenters. The first-order chi connectivity index (χ1) is 8.50. The van der Waals surface area contributed by atoms with Crippen molar-refractivity contribution in [2.45, 2.75) is 13.0 Å². The lowest BCUT2D eigenvalue weighted by molar-refractivity contribution is 0.208. The van der Waals surface area contributed by atoms with E-state index in [-0.39, 0.29) is 16.8 Å². The van der Waals surface area contributed by atoms with Gasteiger partial charge in [0.2, 0.25) is 0 Å². The highest BCUT2D eigenvalue weighted by Crippen LogP contribution is 2.26. The highest BCUT2D eigenvalue weighted by molar-refractivity contribution is 6.30. The molecule has 0 aliphatic heterocycles. The highest BCUT2D eigenvalue weighted by atomic mass is 35.5. The van der Waals surface area contributed by atoms with Crippen LogP contribution in [0.1, 0.15) is 22.9 Å². The summed E-state index contributed by atoms with van der Waals surface area (Å²) < 4.78 is 27.1. The molecule has 0 amide bonds. The fraction of sp³-hybridized carbons (Fsp3) is 0.154. The molecule has 94 valence electrons. The van der Waals surface area contributed by atoms with E-state index in [1.807, 2.05) is 0 Å². The van der Waals surface area contributed by atoms with Crippen molar-refractivity contribution in [3.63, 3.8) is 0 Å². The molecule has 18 heavy (non-hydrogen) atoms. The van der Waals surface area contributed by atoms with Gasteiger partial charge in [-0.1, -0.05) is 23.7 Å². The van der Waals surface area contributed by atoms with Gasteiger partial charge in [-0.3, -0.25) is 4.98 Å². The second-order valence-electron chi connectivity index (χ2n) is 3.90. The minimum Gasteiger partial charge on any atom is -0.382 e. The minimum absolute atomic E-state index is 0.145. The maximum Gasteiger partial charge on any atom is 0.165 e. The number of halogens is 3. The number of aryl methyl sites for hydroxylation is 1. The molecule has 0 aliphatic carbocycles. The summed E-state index contributed by atoms with van der Waals surface area (Å²) in [7, 11) is 0. The van der Waals surface area contributed by atoms with Gasteiger partial charge in [-0.15, -0.1) is 0 Å². The molecule has 1 aromatic heterocycles. The summed E-state index contributed by atoms with van der Waals surface area (Å²) in [6.07, 6.45) is 0.0140. The molecule has 0 fully saturated rings. The van der Waals surface area contributed by atoms with Crippen LogP contribution in [0.3, 0.4) is 0 Å². The normalized spacial score (nSPS) is 12.5. The summed E-state index contributed by atoms with van der Waals surface area (Å²) in [4.78, 5) is 3.88. The van der Waals surface area contributed by atoms with Gasteiger partial charge in [0.15, 0.2) is 11.6 Å². The van der Waals surface area contributed by atoms with Crippen molar-refractivity contribution in [3.8, 4) is 0 Å². The van der Waals surface area contributed by atoms with Crippen LogP contribution in [0.15, 0.2) is 30.5 Å². The number of benzene rings is 1. The molecule has 1 unspecified atom stereocenters. The number of rotatable bonds is 2. The lowest BCUT2D eigenvalue weighted by Gasteiger charge is -2.12. The number of hydrogen-bond donors (Lipinski definition) is 1. The highest BCUT2D eigenvalue weighted by Gasteiger charge is 2.19. The Kier molecular flexibility index (Phi) is 3.59. The molecule has 0 radical (unpaired) electrons. The summed E-state index contributed by atoms with van der Waals surface area (Å²) in [5, 5.41) is 10.4. The fourth-order valence-electron chi connectivity index (χ4n) is 1.58. The van der Waals surface area contributed by atoms with E-state index < -0.39 is 17.7 Å². The summed E-state index contributed by atoms with van der Waals surface area (Å²) in [6.45, 7) is 1.45. The Labute approximate surface area is 108 Å². The first-order valence-electron chi connectivity index (χ1n) is 5.24. The molecule has 1 aromatic carbocycles. The lowest BCUT2D eigenvalue weighted by atomic mass is 10.0. The summed E-state index contributed by atoms with van der Waals surface area (Å²) in [5.41, 5.74) is 0.252. The largest absolute Gasteiger partial charge is 0.382 e. The third-order valence-electron chi connectivity index (χ3n) is 2.63. The van der Waals surface area contributed by atoms with Gasteiger partial charge in [0.05, 0.1) is 10.7 Å². The zero-order chi connectivity index (χ0) is 13.3. The average molecular weight is 270 g/mol. The molecule has 2 nitrogen and oxygen atoms in total. The third kappa shape index (κ3) is 2.35. The van der Waals surface area contributed by atoms with Crippen LogP contribution in [-0.4, -0.2) is 10.1 Å². The maximum absolute atomic E-state index is 13.7. The number of hydrogen-bond acceptors (Lipinski definition) is 2. The van der Waals surface area contributed by atoms with Crippen LogP contribution >= 0.6 is 11.6 Å². The van der Waals surface area contributed by atoms with Gasteiger partial charge < -0.3 is 5.11 Å². The van der Waals surface area contributed by atoms with E-state index in [1.165, 1.54) is 37.4 Å². The average Bonchev–Trinajstić information content (AvgIpc) is 2.36. The number of pyridine rings is 1. The Balaban J connectivity index is 2.43. The van der Waals surface area contributed by atoms with E-state index in [0.29, 0.717) is 5.02 Å². The molecule has 0 aliphatic rings. The van der Waals surface area contributed by atoms with Crippen molar-refractivity contribution in [2.75, 3.05) is 0 Å². The third-order valence-corrected chi connectivity index (χ3v) is 2.85. The predicted octanol–water partition coefficient (Wildman–Crippen LogP) is 3.40. The SMILES string of the molecule is Cc1ccc(C(O)c2ccc(Cl)cn2)c(F)c1F. The number of nitrogens with zero attached hydrogens (tertiary/aromatic N) is 1. The van der Waals surface area contributed by atoms with Crippen molar-refractivity contribution < 1.29 is 13.9 Å². The number of aliphatic hydroxyl groups excluding tert-OH is 1. The van der Waals surface area contributed by atoms with Crippen LogP contribution in [0.2, 0.25) is 5.02 Å². The Morgan fingerprint density at radius 3 is 2.50 bits per heavy atom. The van der Waals surface area contributed by atoms with Gasteiger partial charge in [-0.05, 0) is 24.6 Å². The molecule has 2 aromatic rings. The topological polar surface area (TPSA) is 33.1 Å². The van der Waals surface area contributed by atoms with E-state index in [0.717, 1.165) is 0 Å². The Morgan fingerprint density at radius 1 is 1.17 bits per heavy atom. The van der Waals surface area contributed by atoms with Crippen LogP contribution in [0.4, 0.5) is 8.78 Å². The predicted molar refractivity (Wildman–Crippen MR) is 64.4 cm³/mol. The molecular formula is C13H10ClF2NO. The molecule has 1 heterocycles. The number of aromatic nitrogens is 1. The van der Waals surface area contributed by atoms with Gasteiger partial charge in [0.1, 0.15) is 6.10 Å². The Hall–Kier alpha value is -1.52.